The van der Waals surface area contributed by atoms with Gasteiger partial charge >= 0.3 is 0 Å². The monoisotopic (exact) mass is 401 g/mol. The normalized spacial score (nSPS) is 31.0. The smallest absolute Gasteiger partial charge is 0.265 e. The molecule has 3 saturated heterocycles. The highest BCUT2D eigenvalue weighted by atomic mass is 19.2. The maximum atomic E-state index is 15.6. The lowest BCUT2D eigenvalue weighted by Crippen LogP contribution is -2.47. The van der Waals surface area contributed by atoms with Crippen LogP contribution in [0.25, 0.3) is 10.9 Å². The van der Waals surface area contributed by atoms with Gasteiger partial charge in [0.15, 0.2) is 5.67 Å². The standard InChI is InChI=1S/C22H25F2N3O2/c23-21-13-26(12-18-6-5-17-3-1-2-4-19(17)25-18)15-22(21,24)20(28)27(14-21)11-16-7-9-29-10-8-16/h1-6,16H,7-15H2/t21-,22+/m0/s1. The third-order valence-electron chi connectivity index (χ3n) is 6.55. The molecule has 7 heteroatoms. The molecule has 2 atom stereocenters. The van der Waals surface area contributed by atoms with Gasteiger partial charge in [-0.05, 0) is 30.9 Å². The minimum absolute atomic E-state index is 0.0893. The molecule has 2 aromatic rings. The zero-order valence-electron chi connectivity index (χ0n) is 16.3. The molecule has 29 heavy (non-hydrogen) atoms. The maximum Gasteiger partial charge on any atom is 0.265 e. The molecule has 0 aliphatic carbocycles. The van der Waals surface area contributed by atoms with E-state index in [2.05, 4.69) is 4.98 Å². The van der Waals surface area contributed by atoms with Gasteiger partial charge in [-0.15, -0.1) is 0 Å². The van der Waals surface area contributed by atoms with Crippen LogP contribution < -0.4 is 0 Å². The number of hydrogen-bond acceptors (Lipinski definition) is 4. The molecule has 0 saturated carbocycles. The molecule has 4 heterocycles. The van der Waals surface area contributed by atoms with E-state index in [1.807, 2.05) is 36.4 Å². The van der Waals surface area contributed by atoms with Crippen LogP contribution in [0.1, 0.15) is 18.5 Å². The summed E-state index contributed by atoms with van der Waals surface area (Å²) in [4.78, 5) is 20.5. The van der Waals surface area contributed by atoms with Crippen molar-refractivity contribution in [1.29, 1.82) is 0 Å². The van der Waals surface area contributed by atoms with Crippen molar-refractivity contribution in [3.8, 4) is 0 Å². The summed E-state index contributed by atoms with van der Waals surface area (Å²) >= 11 is 0. The molecular weight excluding hydrogens is 376 g/mol. The van der Waals surface area contributed by atoms with Crippen molar-refractivity contribution in [2.24, 2.45) is 5.92 Å². The fourth-order valence-electron chi connectivity index (χ4n) is 4.97. The van der Waals surface area contributed by atoms with Gasteiger partial charge in [0.25, 0.3) is 5.91 Å². The summed E-state index contributed by atoms with van der Waals surface area (Å²) in [6.07, 6.45) is 1.67. The number of benzene rings is 1. The molecule has 154 valence electrons. The Morgan fingerprint density at radius 2 is 1.86 bits per heavy atom. The fraction of sp³-hybridized carbons (Fsp3) is 0.545. The molecule has 0 bridgehead atoms. The van der Waals surface area contributed by atoms with Crippen LogP contribution in [0.4, 0.5) is 8.78 Å². The van der Waals surface area contributed by atoms with Crippen molar-refractivity contribution in [3.05, 3.63) is 42.1 Å². The van der Waals surface area contributed by atoms with Crippen molar-refractivity contribution in [2.75, 3.05) is 39.4 Å². The van der Waals surface area contributed by atoms with Crippen molar-refractivity contribution in [2.45, 2.75) is 30.7 Å². The zero-order valence-corrected chi connectivity index (χ0v) is 16.3. The van der Waals surface area contributed by atoms with E-state index in [0.29, 0.717) is 26.3 Å². The second-order valence-corrected chi connectivity index (χ2v) is 8.65. The number of carbonyl (C=O) groups excluding carboxylic acids is 1. The second kappa shape index (κ2) is 6.99. The number of alkyl halides is 2. The van der Waals surface area contributed by atoms with E-state index in [4.69, 9.17) is 4.74 Å². The Kier molecular flexibility index (Phi) is 4.55. The molecule has 5 nitrogen and oxygen atoms in total. The van der Waals surface area contributed by atoms with Crippen LogP contribution in [0.2, 0.25) is 0 Å². The van der Waals surface area contributed by atoms with Crippen LogP contribution in [-0.2, 0) is 16.1 Å². The van der Waals surface area contributed by atoms with Gasteiger partial charge in [-0.2, -0.15) is 0 Å². The average molecular weight is 401 g/mol. The molecule has 0 spiro atoms. The number of likely N-dealkylation sites (tertiary alicyclic amines) is 2. The minimum atomic E-state index is -2.46. The summed E-state index contributed by atoms with van der Waals surface area (Å²) in [6, 6.07) is 11.6. The quantitative estimate of drug-likeness (QED) is 0.791. The average Bonchev–Trinajstić information content (AvgIpc) is 3.06. The van der Waals surface area contributed by atoms with Crippen LogP contribution in [-0.4, -0.2) is 71.4 Å². The predicted octanol–water partition coefficient (Wildman–Crippen LogP) is 2.74. The Morgan fingerprint density at radius 3 is 2.66 bits per heavy atom. The summed E-state index contributed by atoms with van der Waals surface area (Å²) in [7, 11) is 0. The van der Waals surface area contributed by atoms with Gasteiger partial charge < -0.3 is 9.64 Å². The van der Waals surface area contributed by atoms with E-state index in [1.54, 1.807) is 4.90 Å². The Morgan fingerprint density at radius 1 is 1.07 bits per heavy atom. The van der Waals surface area contributed by atoms with Crippen LogP contribution in [0.3, 0.4) is 0 Å². The van der Waals surface area contributed by atoms with Gasteiger partial charge in [-0.25, -0.2) is 8.78 Å². The first-order valence-corrected chi connectivity index (χ1v) is 10.3. The molecule has 3 fully saturated rings. The third kappa shape index (κ3) is 3.20. The van der Waals surface area contributed by atoms with E-state index in [-0.39, 0.29) is 25.6 Å². The van der Waals surface area contributed by atoms with Gasteiger partial charge in [0.1, 0.15) is 0 Å². The first kappa shape index (κ1) is 18.9. The van der Waals surface area contributed by atoms with Crippen molar-refractivity contribution in [1.82, 2.24) is 14.8 Å². The largest absolute Gasteiger partial charge is 0.381 e. The van der Waals surface area contributed by atoms with Crippen LogP contribution in [0.5, 0.6) is 0 Å². The Balaban J connectivity index is 1.29. The highest BCUT2D eigenvalue weighted by molar-refractivity contribution is 5.90. The Hall–Kier alpha value is -2.12. The maximum absolute atomic E-state index is 15.6. The van der Waals surface area contributed by atoms with Crippen LogP contribution >= 0.6 is 0 Å². The molecule has 3 aliphatic heterocycles. The zero-order chi connectivity index (χ0) is 20.1. The SMILES string of the molecule is O=C1N(CC2CCOCC2)C[C@@]2(F)CN(Cc3ccc4ccccc4n3)C[C@@]12F. The number of para-hydroxylation sites is 1. The number of halogens is 2. The van der Waals surface area contributed by atoms with Crippen molar-refractivity contribution in [3.63, 3.8) is 0 Å². The lowest BCUT2D eigenvalue weighted by Gasteiger charge is -2.28. The molecule has 3 aliphatic rings. The van der Waals surface area contributed by atoms with Crippen LogP contribution in [0.15, 0.2) is 36.4 Å². The second-order valence-electron chi connectivity index (χ2n) is 8.65. The lowest BCUT2D eigenvalue weighted by atomic mass is 9.93. The van der Waals surface area contributed by atoms with Gasteiger partial charge in [-0.1, -0.05) is 24.3 Å². The number of nitrogens with zero attached hydrogens (tertiary/aromatic N) is 3. The third-order valence-corrected chi connectivity index (χ3v) is 6.55. The first-order chi connectivity index (χ1) is 14.0. The number of ether oxygens (including phenoxy) is 1. The highest BCUT2D eigenvalue weighted by Crippen LogP contribution is 2.46. The Labute approximate surface area is 168 Å². The number of pyridine rings is 1. The molecule has 0 N–H and O–H groups in total. The van der Waals surface area contributed by atoms with E-state index < -0.39 is 17.2 Å². The molecule has 5 rings (SSSR count). The molecule has 1 aromatic carbocycles. The van der Waals surface area contributed by atoms with E-state index in [0.717, 1.165) is 29.4 Å². The van der Waals surface area contributed by atoms with E-state index in [1.165, 1.54) is 4.90 Å². The number of fused-ring (bicyclic) bond motifs is 2. The lowest BCUT2D eigenvalue weighted by molar-refractivity contribution is -0.140. The summed E-state index contributed by atoms with van der Waals surface area (Å²) in [5.41, 5.74) is -3.02. The van der Waals surface area contributed by atoms with Crippen molar-refractivity contribution >= 4 is 16.8 Å². The van der Waals surface area contributed by atoms with Gasteiger partial charge in [0, 0.05) is 44.8 Å². The summed E-state index contributed by atoms with van der Waals surface area (Å²) in [5.74, 6) is -0.433. The summed E-state index contributed by atoms with van der Waals surface area (Å²) < 4.78 is 36.6. The number of rotatable bonds is 4. The number of amides is 1. The Bertz CT molecular complexity index is 935. The minimum Gasteiger partial charge on any atom is -0.381 e. The van der Waals surface area contributed by atoms with E-state index >= 15 is 8.78 Å². The summed E-state index contributed by atoms with van der Waals surface area (Å²) in [5, 5.41) is 1.03. The van der Waals surface area contributed by atoms with Crippen LogP contribution in [0, 0.1) is 5.92 Å². The predicted molar refractivity (Wildman–Crippen MR) is 105 cm³/mol. The van der Waals surface area contributed by atoms with Gasteiger partial charge in [0.2, 0.25) is 5.67 Å². The molecule has 1 aromatic heterocycles. The molecule has 0 radical (unpaired) electrons. The van der Waals surface area contributed by atoms with Crippen molar-refractivity contribution < 1.29 is 18.3 Å². The molecule has 0 unspecified atom stereocenters. The van der Waals surface area contributed by atoms with Gasteiger partial charge in [0.05, 0.1) is 17.8 Å². The number of aromatic nitrogens is 1. The number of hydrogen-bond donors (Lipinski definition) is 0. The van der Waals surface area contributed by atoms with E-state index in [9.17, 15) is 4.79 Å². The van der Waals surface area contributed by atoms with Gasteiger partial charge in [-0.3, -0.25) is 14.7 Å². The highest BCUT2D eigenvalue weighted by Gasteiger charge is 2.70. The molecule has 1 amide bonds. The summed E-state index contributed by atoms with van der Waals surface area (Å²) in [6.45, 7) is 1.58. The fourth-order valence-corrected chi connectivity index (χ4v) is 4.97. The first-order valence-electron chi connectivity index (χ1n) is 10.3. The topological polar surface area (TPSA) is 45.7 Å². The number of carbonyl (C=O) groups is 1. The molecular formula is C22H25F2N3O2.